The van der Waals surface area contributed by atoms with Crippen LogP contribution in [-0.2, 0) is 24.1 Å². The molecule has 2 N–H and O–H groups in total. The van der Waals surface area contributed by atoms with Gasteiger partial charge in [-0.2, -0.15) is 6.92 Å². The van der Waals surface area contributed by atoms with Crippen LogP contribution in [0.25, 0.3) is 0 Å². The summed E-state index contributed by atoms with van der Waals surface area (Å²) < 4.78 is 16.7. The Kier molecular flexibility index (Phi) is 51.4. The quantitative estimate of drug-likeness (QED) is 0.415. The van der Waals surface area contributed by atoms with Gasteiger partial charge >= 0.3 is 27.8 Å². The minimum atomic E-state index is -3.13. The summed E-state index contributed by atoms with van der Waals surface area (Å²) in [7, 11) is -3.13. The molecule has 8 heavy (non-hydrogen) atoms. The topological polar surface area (TPSA) is 74.6 Å². The van der Waals surface area contributed by atoms with Crippen molar-refractivity contribution in [3.8, 4) is 0 Å². The van der Waals surface area contributed by atoms with Crippen molar-refractivity contribution in [1.82, 2.24) is 0 Å². The molecule has 0 atom stereocenters. The molecule has 0 spiro atoms. The summed E-state index contributed by atoms with van der Waals surface area (Å²) in [5.74, 6) is 0. The van der Waals surface area contributed by atoms with Gasteiger partial charge in [0.15, 0.2) is 0 Å². The third kappa shape index (κ3) is 922. The summed E-state index contributed by atoms with van der Waals surface area (Å²) in [5.41, 5.74) is 0. The summed E-state index contributed by atoms with van der Waals surface area (Å²) in [6.45, 7) is 5.00. The van der Waals surface area contributed by atoms with Crippen molar-refractivity contribution in [2.45, 2.75) is 6.92 Å². The normalized spacial score (nSPS) is 5.75. The molecule has 0 amide bonds. The Morgan fingerprint density at radius 3 is 1.38 bits per heavy atom. The van der Waals surface area contributed by atoms with E-state index in [0.29, 0.717) is 0 Å². The van der Waals surface area contributed by atoms with E-state index in [4.69, 9.17) is 18.2 Å². The average molecular weight is 186 g/mol. The van der Waals surface area contributed by atoms with Crippen LogP contribution in [-0.4, -0.2) is 9.79 Å². The van der Waals surface area contributed by atoms with Crippen LogP contribution in [0.1, 0.15) is 6.92 Å². The van der Waals surface area contributed by atoms with Gasteiger partial charge in [-0.15, -0.1) is 0 Å². The van der Waals surface area contributed by atoms with Crippen LogP contribution in [0, 0.1) is 6.92 Å². The molecule has 0 bridgehead atoms. The van der Waals surface area contributed by atoms with E-state index in [1.165, 1.54) is 0 Å². The molecule has 0 aliphatic heterocycles. The molecule has 55 valence electrons. The molecular formula is C2H8CoO4P-. The predicted molar refractivity (Wildman–Crippen MR) is 25.2 cm³/mol. The Balaban J connectivity index is -0.0000000542. The zero-order chi connectivity index (χ0) is 7.58. The molecule has 0 saturated carbocycles. The maximum absolute atomic E-state index is 8.74. The van der Waals surface area contributed by atoms with Crippen LogP contribution in [0.4, 0.5) is 0 Å². The number of hydrogen-bond acceptors (Lipinski definition) is 2. The molecule has 0 aromatic rings. The Bertz CT molecular complexity index is 45.3. The van der Waals surface area contributed by atoms with Gasteiger partial charge in [0.05, 0.1) is 0 Å². The van der Waals surface area contributed by atoms with Gasteiger partial charge < -0.3 is 16.7 Å². The molecule has 0 radical (unpaired) electrons. The Morgan fingerprint density at radius 1 is 1.38 bits per heavy atom. The molecule has 6 heteroatoms. The minimum absolute atomic E-state index is 1.75. The Labute approximate surface area is 56.7 Å². The van der Waals surface area contributed by atoms with Gasteiger partial charge in [0.1, 0.15) is 0 Å². The van der Waals surface area contributed by atoms with Crippen molar-refractivity contribution < 1.29 is 33.9 Å². The second kappa shape index (κ2) is 26.0. The van der Waals surface area contributed by atoms with Crippen LogP contribution in [0.3, 0.4) is 0 Å². The van der Waals surface area contributed by atoms with Gasteiger partial charge in [0.2, 0.25) is 0 Å². The fraction of sp³-hybridized carbons (Fsp3) is 0.500. The molecule has 0 rings (SSSR count). The van der Waals surface area contributed by atoms with Crippen LogP contribution in [0.2, 0.25) is 0 Å². The van der Waals surface area contributed by atoms with Crippen molar-refractivity contribution in [2.24, 2.45) is 0 Å². The summed E-state index contributed by atoms with van der Waals surface area (Å²) in [6.07, 6.45) is 0. The molecule has 0 aromatic heterocycles. The molecule has 4 nitrogen and oxygen atoms in total. The van der Waals surface area contributed by atoms with E-state index in [9.17, 15) is 0 Å². The fourth-order valence-electron chi connectivity index (χ4n) is 0. The van der Waals surface area contributed by atoms with Gasteiger partial charge in [-0.25, -0.2) is 0 Å². The van der Waals surface area contributed by atoms with Crippen LogP contribution >= 0.6 is 8.25 Å². The van der Waals surface area contributed by atoms with Crippen LogP contribution in [0.5, 0.6) is 0 Å². The van der Waals surface area contributed by atoms with Crippen LogP contribution in [0.15, 0.2) is 0 Å². The monoisotopic (exact) mass is 186 g/mol. The molecule has 0 saturated heterocycles. The van der Waals surface area contributed by atoms with E-state index in [2.05, 4.69) is 22.6 Å². The zero-order valence-electron chi connectivity index (χ0n) is 4.25. The third-order valence-corrected chi connectivity index (χ3v) is 0. The fourth-order valence-corrected chi connectivity index (χ4v) is 0. The van der Waals surface area contributed by atoms with E-state index in [1.807, 2.05) is 0 Å². The van der Waals surface area contributed by atoms with E-state index in [-0.39, 0.29) is 0 Å². The Morgan fingerprint density at radius 2 is 1.38 bits per heavy atom. The van der Waals surface area contributed by atoms with Crippen molar-refractivity contribution in [3.05, 3.63) is 6.92 Å². The standard InChI is InChI=1S/C2H5.Co.H3O3P.O/c1-2;;1-4(2)3;/h1H2,2H3;;4H,(H2,1,2,3);/q-1;;;. The average Bonchev–Trinajstić information content (AvgIpc) is 1.75. The first-order valence-electron chi connectivity index (χ1n) is 1.49. The summed E-state index contributed by atoms with van der Waals surface area (Å²) in [4.78, 5) is 14.3. The molecule has 0 heterocycles. The summed E-state index contributed by atoms with van der Waals surface area (Å²) >= 11 is 2.31. The molecule has 0 aromatic carbocycles. The Hall–Kier alpha value is 0.456. The molecule has 0 aliphatic carbocycles. The zero-order valence-corrected chi connectivity index (χ0v) is 6.29. The van der Waals surface area contributed by atoms with Crippen molar-refractivity contribution in [3.63, 3.8) is 0 Å². The van der Waals surface area contributed by atoms with E-state index in [0.717, 1.165) is 0 Å². The number of rotatable bonds is 0. The molecule has 0 fully saturated rings. The van der Waals surface area contributed by atoms with Gasteiger partial charge in [0.25, 0.3) is 0 Å². The number of hydrogen-bond donors (Lipinski definition) is 2. The van der Waals surface area contributed by atoms with Crippen LogP contribution < -0.4 is 0 Å². The summed E-state index contributed by atoms with van der Waals surface area (Å²) in [6, 6.07) is 0. The van der Waals surface area contributed by atoms with Crippen molar-refractivity contribution >= 4 is 8.25 Å². The van der Waals surface area contributed by atoms with Gasteiger partial charge in [-0.05, 0) is 0 Å². The third-order valence-electron chi connectivity index (χ3n) is 0. The van der Waals surface area contributed by atoms with Crippen molar-refractivity contribution in [1.29, 1.82) is 0 Å². The van der Waals surface area contributed by atoms with E-state index < -0.39 is 8.25 Å². The first-order chi connectivity index (χ1) is 3.73. The SMILES string of the molecule is O=[PH](O)O.[CH2-]C.[O]=[Co]. The maximum atomic E-state index is 8.74. The van der Waals surface area contributed by atoms with Crippen molar-refractivity contribution in [2.75, 3.05) is 0 Å². The predicted octanol–water partition coefficient (Wildman–Crippen LogP) is 0.0798. The van der Waals surface area contributed by atoms with E-state index in [1.54, 1.807) is 6.92 Å². The van der Waals surface area contributed by atoms with Gasteiger partial charge in [-0.1, -0.05) is 0 Å². The second-order valence-corrected chi connectivity index (χ2v) is 0.848. The van der Waals surface area contributed by atoms with E-state index >= 15 is 0 Å². The van der Waals surface area contributed by atoms with Gasteiger partial charge in [-0.3, -0.25) is 4.57 Å². The summed E-state index contributed by atoms with van der Waals surface area (Å²) in [5, 5.41) is 0. The second-order valence-electron chi connectivity index (χ2n) is 0.283. The molecular weight excluding hydrogens is 178 g/mol. The van der Waals surface area contributed by atoms with Gasteiger partial charge in [0, 0.05) is 0 Å². The molecule has 0 aliphatic rings. The first-order valence-corrected chi connectivity index (χ1v) is 3.22. The first kappa shape index (κ1) is 15.8. The molecule has 0 unspecified atom stereocenters.